The lowest BCUT2D eigenvalue weighted by atomic mass is 10.1. The molecular formula is C12H19N3O3. The van der Waals surface area contributed by atoms with Crippen molar-refractivity contribution in [2.45, 2.75) is 39.2 Å². The molecule has 1 amide bonds. The summed E-state index contributed by atoms with van der Waals surface area (Å²) in [5.41, 5.74) is 1.30. The van der Waals surface area contributed by atoms with E-state index in [-0.39, 0.29) is 18.4 Å². The average Bonchev–Trinajstić information content (AvgIpc) is 2.69. The van der Waals surface area contributed by atoms with Crippen molar-refractivity contribution in [2.75, 3.05) is 0 Å². The Kier molecular flexibility index (Phi) is 4.88. The number of hydrogen-bond donors (Lipinski definition) is 2. The lowest BCUT2D eigenvalue weighted by molar-refractivity contribution is -0.137. The third kappa shape index (κ3) is 3.58. The number of nitrogens with one attached hydrogen (secondary N) is 1. The summed E-state index contributed by atoms with van der Waals surface area (Å²) in [5, 5.41) is 15.6. The molecule has 0 aliphatic rings. The van der Waals surface area contributed by atoms with Crippen LogP contribution >= 0.6 is 0 Å². The Balaban J connectivity index is 2.74. The molecule has 1 aromatic heterocycles. The van der Waals surface area contributed by atoms with Crippen molar-refractivity contribution in [3.05, 3.63) is 17.5 Å². The summed E-state index contributed by atoms with van der Waals surface area (Å²) in [4.78, 5) is 22.6. The molecule has 100 valence electrons. The summed E-state index contributed by atoms with van der Waals surface area (Å²) in [7, 11) is 1.70. The molecule has 0 aliphatic carbocycles. The predicted molar refractivity (Wildman–Crippen MR) is 66.4 cm³/mol. The van der Waals surface area contributed by atoms with E-state index in [9.17, 15) is 9.59 Å². The first kappa shape index (κ1) is 14.2. The standard InChI is InChI=1S/C12H19N3O3/c1-4-8(7-11(16)17)13-12(18)10-6-9(5-2)14-15(10)3/h6,8H,4-5,7H2,1-3H3,(H,13,18)(H,16,17). The van der Waals surface area contributed by atoms with Gasteiger partial charge in [-0.15, -0.1) is 0 Å². The van der Waals surface area contributed by atoms with Gasteiger partial charge >= 0.3 is 5.97 Å². The fourth-order valence-corrected chi connectivity index (χ4v) is 1.68. The van der Waals surface area contributed by atoms with Gasteiger partial charge in [0.1, 0.15) is 5.69 Å². The van der Waals surface area contributed by atoms with Crippen LogP contribution in [0, 0.1) is 0 Å². The van der Waals surface area contributed by atoms with Crippen molar-refractivity contribution >= 4 is 11.9 Å². The van der Waals surface area contributed by atoms with Crippen LogP contribution < -0.4 is 5.32 Å². The summed E-state index contributed by atoms with van der Waals surface area (Å²) in [5.74, 6) is -1.20. The molecular weight excluding hydrogens is 234 g/mol. The molecule has 1 heterocycles. The van der Waals surface area contributed by atoms with Gasteiger partial charge in [0.2, 0.25) is 0 Å². The van der Waals surface area contributed by atoms with Gasteiger partial charge in [0.15, 0.2) is 0 Å². The van der Waals surface area contributed by atoms with Crippen LogP contribution in [0.15, 0.2) is 6.07 Å². The van der Waals surface area contributed by atoms with E-state index < -0.39 is 5.97 Å². The minimum Gasteiger partial charge on any atom is -0.481 e. The van der Waals surface area contributed by atoms with Crippen molar-refractivity contribution in [3.63, 3.8) is 0 Å². The number of aliphatic carboxylic acids is 1. The highest BCUT2D eigenvalue weighted by Gasteiger charge is 2.18. The van der Waals surface area contributed by atoms with E-state index in [1.165, 1.54) is 4.68 Å². The molecule has 6 nitrogen and oxygen atoms in total. The number of hydrogen-bond acceptors (Lipinski definition) is 3. The smallest absolute Gasteiger partial charge is 0.305 e. The van der Waals surface area contributed by atoms with E-state index in [0.717, 1.165) is 12.1 Å². The lowest BCUT2D eigenvalue weighted by Crippen LogP contribution is -2.36. The molecule has 0 spiro atoms. The van der Waals surface area contributed by atoms with Crippen molar-refractivity contribution in [1.29, 1.82) is 0 Å². The van der Waals surface area contributed by atoms with E-state index in [0.29, 0.717) is 12.1 Å². The molecule has 1 atom stereocenters. The van der Waals surface area contributed by atoms with E-state index in [2.05, 4.69) is 10.4 Å². The first-order valence-corrected chi connectivity index (χ1v) is 6.03. The van der Waals surface area contributed by atoms with Crippen LogP contribution in [-0.2, 0) is 18.3 Å². The Morgan fingerprint density at radius 2 is 2.17 bits per heavy atom. The van der Waals surface area contributed by atoms with Crippen molar-refractivity contribution in [3.8, 4) is 0 Å². The molecule has 0 fully saturated rings. The van der Waals surface area contributed by atoms with Crippen molar-refractivity contribution < 1.29 is 14.7 Å². The molecule has 1 rings (SSSR count). The summed E-state index contributed by atoms with van der Waals surface area (Å²) in [6, 6.07) is 1.37. The SMILES string of the molecule is CCc1cc(C(=O)NC(CC)CC(=O)O)n(C)n1. The average molecular weight is 253 g/mol. The number of aromatic nitrogens is 2. The van der Waals surface area contributed by atoms with Gasteiger partial charge in [0.25, 0.3) is 5.91 Å². The number of carbonyl (C=O) groups excluding carboxylic acids is 1. The number of nitrogens with zero attached hydrogens (tertiary/aromatic N) is 2. The molecule has 0 radical (unpaired) electrons. The highest BCUT2D eigenvalue weighted by Crippen LogP contribution is 2.06. The van der Waals surface area contributed by atoms with Crippen molar-refractivity contribution in [1.82, 2.24) is 15.1 Å². The zero-order valence-corrected chi connectivity index (χ0v) is 10.9. The molecule has 0 saturated carbocycles. The van der Waals surface area contributed by atoms with E-state index in [4.69, 9.17) is 5.11 Å². The van der Waals surface area contributed by atoms with Crippen LogP contribution in [-0.4, -0.2) is 32.8 Å². The second-order valence-electron chi connectivity index (χ2n) is 4.17. The van der Waals surface area contributed by atoms with E-state index >= 15 is 0 Å². The second kappa shape index (κ2) is 6.18. The normalized spacial score (nSPS) is 12.2. The van der Waals surface area contributed by atoms with Gasteiger partial charge in [-0.3, -0.25) is 14.3 Å². The zero-order valence-electron chi connectivity index (χ0n) is 10.9. The maximum Gasteiger partial charge on any atom is 0.305 e. The fraction of sp³-hybridized carbons (Fsp3) is 0.583. The largest absolute Gasteiger partial charge is 0.481 e. The van der Waals surface area contributed by atoms with E-state index in [1.807, 2.05) is 13.8 Å². The topological polar surface area (TPSA) is 84.2 Å². The number of amides is 1. The minimum atomic E-state index is -0.915. The Bertz CT molecular complexity index is 440. The molecule has 0 saturated heterocycles. The van der Waals surface area contributed by atoms with Gasteiger partial charge in [-0.1, -0.05) is 13.8 Å². The molecule has 0 aromatic carbocycles. The molecule has 6 heteroatoms. The van der Waals surface area contributed by atoms with Crippen LogP contribution in [0.1, 0.15) is 42.9 Å². The number of carbonyl (C=O) groups is 2. The first-order chi connectivity index (χ1) is 8.47. The van der Waals surface area contributed by atoms with Gasteiger partial charge in [0.05, 0.1) is 12.1 Å². The number of rotatable bonds is 6. The van der Waals surface area contributed by atoms with Crippen LogP contribution in [0.5, 0.6) is 0 Å². The highest BCUT2D eigenvalue weighted by molar-refractivity contribution is 5.93. The molecule has 1 aromatic rings. The van der Waals surface area contributed by atoms with Gasteiger partial charge in [-0.2, -0.15) is 5.10 Å². The van der Waals surface area contributed by atoms with E-state index in [1.54, 1.807) is 13.1 Å². The Labute approximate surface area is 106 Å². The van der Waals surface area contributed by atoms with Crippen LogP contribution in [0.3, 0.4) is 0 Å². The predicted octanol–water partition coefficient (Wildman–Crippen LogP) is 0.966. The third-order valence-corrected chi connectivity index (χ3v) is 2.77. The van der Waals surface area contributed by atoms with Crippen LogP contribution in [0.4, 0.5) is 0 Å². The van der Waals surface area contributed by atoms with Gasteiger partial charge < -0.3 is 10.4 Å². The van der Waals surface area contributed by atoms with Gasteiger partial charge in [-0.25, -0.2) is 0 Å². The quantitative estimate of drug-likeness (QED) is 0.791. The summed E-state index contributed by atoms with van der Waals surface area (Å²) < 4.78 is 1.52. The molecule has 0 bridgehead atoms. The highest BCUT2D eigenvalue weighted by atomic mass is 16.4. The maximum atomic E-state index is 12.0. The van der Waals surface area contributed by atoms with Crippen molar-refractivity contribution in [2.24, 2.45) is 7.05 Å². The Hall–Kier alpha value is -1.85. The molecule has 18 heavy (non-hydrogen) atoms. The van der Waals surface area contributed by atoms with Gasteiger partial charge in [-0.05, 0) is 18.9 Å². The number of carboxylic acids is 1. The fourth-order valence-electron chi connectivity index (χ4n) is 1.68. The maximum absolute atomic E-state index is 12.0. The molecule has 0 aliphatic heterocycles. The monoisotopic (exact) mass is 253 g/mol. The Morgan fingerprint density at radius 3 is 2.61 bits per heavy atom. The second-order valence-corrected chi connectivity index (χ2v) is 4.17. The number of aryl methyl sites for hydroxylation is 2. The van der Waals surface area contributed by atoms with Crippen LogP contribution in [0.25, 0.3) is 0 Å². The summed E-state index contributed by atoms with van der Waals surface area (Å²) in [6.45, 7) is 3.80. The number of carboxylic acid groups (broad SMARTS) is 1. The van der Waals surface area contributed by atoms with Gasteiger partial charge in [0, 0.05) is 13.1 Å². The molecule has 2 N–H and O–H groups in total. The lowest BCUT2D eigenvalue weighted by Gasteiger charge is -2.14. The minimum absolute atomic E-state index is 0.0687. The zero-order chi connectivity index (χ0) is 13.7. The third-order valence-electron chi connectivity index (χ3n) is 2.77. The summed E-state index contributed by atoms with van der Waals surface area (Å²) >= 11 is 0. The molecule has 1 unspecified atom stereocenters. The summed E-state index contributed by atoms with van der Waals surface area (Å²) in [6.07, 6.45) is 1.27. The van der Waals surface area contributed by atoms with Crippen LogP contribution in [0.2, 0.25) is 0 Å². The Morgan fingerprint density at radius 1 is 1.50 bits per heavy atom. The first-order valence-electron chi connectivity index (χ1n) is 6.03.